The fourth-order valence-electron chi connectivity index (χ4n) is 1.43. The molecule has 88 valence electrons. The Balaban J connectivity index is 3.81. The number of allylic oxidation sites excluding steroid dienone is 3. The Morgan fingerprint density at radius 3 is 2.27 bits per heavy atom. The third-order valence-electron chi connectivity index (χ3n) is 2.61. The molecule has 0 amide bonds. The monoisotopic (exact) mass is 209 g/mol. The molecule has 0 heterocycles. The van der Waals surface area contributed by atoms with Gasteiger partial charge in [0.1, 0.15) is 0 Å². The van der Waals surface area contributed by atoms with E-state index in [0.29, 0.717) is 5.92 Å². The maximum absolute atomic E-state index is 2.33. The lowest BCUT2D eigenvalue weighted by Crippen LogP contribution is -2.15. The molecule has 0 aliphatic heterocycles. The predicted molar refractivity (Wildman–Crippen MR) is 69.9 cm³/mol. The van der Waals surface area contributed by atoms with Crippen LogP contribution >= 0.6 is 0 Å². The van der Waals surface area contributed by atoms with Crippen LogP contribution in [0.4, 0.5) is 0 Å². The summed E-state index contributed by atoms with van der Waals surface area (Å²) in [4.78, 5) is 2.33. The number of hydrogen-bond acceptors (Lipinski definition) is 1. The van der Waals surface area contributed by atoms with Crippen molar-refractivity contribution in [2.75, 3.05) is 13.1 Å². The van der Waals surface area contributed by atoms with E-state index in [1.54, 1.807) is 0 Å². The lowest BCUT2D eigenvalue weighted by atomic mass is 10.0. The minimum atomic E-state index is 0.682. The van der Waals surface area contributed by atoms with Gasteiger partial charge in [-0.05, 0) is 52.7 Å². The standard InChI is InChI=1S/C14H27N/c1-6-15(7-2)12-11-14(5)10-8-9-13(3)4/h9,11-12,14H,6-8,10H2,1-5H3/b12-11+. The zero-order valence-corrected chi connectivity index (χ0v) is 11.1. The van der Waals surface area contributed by atoms with Gasteiger partial charge in [0.15, 0.2) is 0 Å². The minimum Gasteiger partial charge on any atom is -0.378 e. The Morgan fingerprint density at radius 1 is 1.20 bits per heavy atom. The summed E-state index contributed by atoms with van der Waals surface area (Å²) in [6.45, 7) is 13.2. The molecule has 0 aromatic rings. The fourth-order valence-corrected chi connectivity index (χ4v) is 1.43. The molecule has 0 N–H and O–H groups in total. The van der Waals surface area contributed by atoms with Crippen LogP contribution in [0.5, 0.6) is 0 Å². The Labute approximate surface area is 95.9 Å². The van der Waals surface area contributed by atoms with Gasteiger partial charge in [-0.1, -0.05) is 24.6 Å². The van der Waals surface area contributed by atoms with E-state index in [1.165, 1.54) is 18.4 Å². The van der Waals surface area contributed by atoms with Gasteiger partial charge in [-0.15, -0.1) is 0 Å². The van der Waals surface area contributed by atoms with Gasteiger partial charge in [0.05, 0.1) is 0 Å². The molecule has 0 fully saturated rings. The molecule has 0 saturated carbocycles. The van der Waals surface area contributed by atoms with E-state index in [2.05, 4.69) is 57.9 Å². The first kappa shape index (κ1) is 14.3. The first-order valence-electron chi connectivity index (χ1n) is 6.15. The van der Waals surface area contributed by atoms with Crippen LogP contribution in [-0.4, -0.2) is 18.0 Å². The summed E-state index contributed by atoms with van der Waals surface area (Å²) in [5.41, 5.74) is 1.43. The first-order chi connectivity index (χ1) is 7.10. The van der Waals surface area contributed by atoms with Gasteiger partial charge >= 0.3 is 0 Å². The molecule has 0 aliphatic rings. The van der Waals surface area contributed by atoms with Crippen LogP contribution < -0.4 is 0 Å². The average molecular weight is 209 g/mol. The van der Waals surface area contributed by atoms with Crippen molar-refractivity contribution in [1.82, 2.24) is 4.90 Å². The third kappa shape index (κ3) is 8.29. The molecule has 0 rings (SSSR count). The van der Waals surface area contributed by atoms with Gasteiger partial charge in [-0.3, -0.25) is 0 Å². The number of nitrogens with zero attached hydrogens (tertiary/aromatic N) is 1. The smallest absolute Gasteiger partial charge is 0.0143 e. The Morgan fingerprint density at radius 2 is 1.80 bits per heavy atom. The van der Waals surface area contributed by atoms with Crippen LogP contribution in [0.2, 0.25) is 0 Å². The quantitative estimate of drug-likeness (QED) is 0.567. The normalized spacial score (nSPS) is 12.9. The van der Waals surface area contributed by atoms with Gasteiger partial charge in [-0.25, -0.2) is 0 Å². The molecule has 0 bridgehead atoms. The summed E-state index contributed by atoms with van der Waals surface area (Å²) in [5, 5.41) is 0. The van der Waals surface area contributed by atoms with Gasteiger partial charge in [-0.2, -0.15) is 0 Å². The van der Waals surface area contributed by atoms with E-state index in [4.69, 9.17) is 0 Å². The van der Waals surface area contributed by atoms with E-state index in [0.717, 1.165) is 13.1 Å². The topological polar surface area (TPSA) is 3.24 Å². The van der Waals surface area contributed by atoms with Crippen molar-refractivity contribution < 1.29 is 0 Å². The largest absolute Gasteiger partial charge is 0.378 e. The maximum Gasteiger partial charge on any atom is 0.0143 e. The molecule has 0 aromatic heterocycles. The van der Waals surface area contributed by atoms with Gasteiger partial charge < -0.3 is 4.90 Å². The minimum absolute atomic E-state index is 0.682. The van der Waals surface area contributed by atoms with Crippen LogP contribution in [0, 0.1) is 5.92 Å². The molecule has 1 atom stereocenters. The SMILES string of the molecule is CCN(/C=C/C(C)CCC=C(C)C)CC. The highest BCUT2D eigenvalue weighted by molar-refractivity contribution is 4.94. The lowest BCUT2D eigenvalue weighted by Gasteiger charge is -2.15. The van der Waals surface area contributed by atoms with Crippen molar-refractivity contribution >= 4 is 0 Å². The third-order valence-corrected chi connectivity index (χ3v) is 2.61. The van der Waals surface area contributed by atoms with Crippen LogP contribution in [-0.2, 0) is 0 Å². The highest BCUT2D eigenvalue weighted by atomic mass is 15.1. The molecular weight excluding hydrogens is 182 g/mol. The predicted octanol–water partition coefficient (Wildman–Crippen LogP) is 4.22. The van der Waals surface area contributed by atoms with Crippen molar-refractivity contribution in [3.05, 3.63) is 23.9 Å². The highest BCUT2D eigenvalue weighted by Gasteiger charge is 1.96. The van der Waals surface area contributed by atoms with E-state index in [1.807, 2.05) is 0 Å². The van der Waals surface area contributed by atoms with E-state index in [9.17, 15) is 0 Å². The summed E-state index contributed by atoms with van der Waals surface area (Å²) in [7, 11) is 0. The first-order valence-corrected chi connectivity index (χ1v) is 6.15. The molecule has 1 unspecified atom stereocenters. The summed E-state index contributed by atoms with van der Waals surface area (Å²) >= 11 is 0. The van der Waals surface area contributed by atoms with Gasteiger partial charge in [0, 0.05) is 13.1 Å². The number of rotatable bonds is 7. The molecule has 15 heavy (non-hydrogen) atoms. The summed E-state index contributed by atoms with van der Waals surface area (Å²) in [6.07, 6.45) is 9.34. The Hall–Kier alpha value is -0.720. The molecule has 0 spiro atoms. The second kappa shape index (κ2) is 8.58. The van der Waals surface area contributed by atoms with E-state index < -0.39 is 0 Å². The highest BCUT2D eigenvalue weighted by Crippen LogP contribution is 2.09. The van der Waals surface area contributed by atoms with Crippen LogP contribution in [0.15, 0.2) is 23.9 Å². The molecule has 0 radical (unpaired) electrons. The summed E-state index contributed by atoms with van der Waals surface area (Å²) < 4.78 is 0. The molecule has 1 nitrogen and oxygen atoms in total. The zero-order valence-electron chi connectivity index (χ0n) is 11.1. The van der Waals surface area contributed by atoms with Crippen LogP contribution in [0.1, 0.15) is 47.5 Å². The maximum atomic E-state index is 2.33. The van der Waals surface area contributed by atoms with Crippen molar-refractivity contribution in [3.63, 3.8) is 0 Å². The van der Waals surface area contributed by atoms with Gasteiger partial charge in [0.25, 0.3) is 0 Å². The number of hydrogen-bond donors (Lipinski definition) is 0. The molecule has 0 aliphatic carbocycles. The van der Waals surface area contributed by atoms with E-state index in [-0.39, 0.29) is 0 Å². The fraction of sp³-hybridized carbons (Fsp3) is 0.714. The lowest BCUT2D eigenvalue weighted by molar-refractivity contribution is 0.414. The van der Waals surface area contributed by atoms with E-state index >= 15 is 0 Å². The van der Waals surface area contributed by atoms with Crippen LogP contribution in [0.25, 0.3) is 0 Å². The van der Waals surface area contributed by atoms with Gasteiger partial charge in [0.2, 0.25) is 0 Å². The second-order valence-corrected chi connectivity index (χ2v) is 4.40. The Bertz CT molecular complexity index is 195. The van der Waals surface area contributed by atoms with Crippen LogP contribution in [0.3, 0.4) is 0 Å². The van der Waals surface area contributed by atoms with Crippen molar-refractivity contribution in [2.24, 2.45) is 5.92 Å². The Kier molecular flexibility index (Phi) is 8.17. The molecule has 0 aromatic carbocycles. The van der Waals surface area contributed by atoms with Crippen molar-refractivity contribution in [1.29, 1.82) is 0 Å². The average Bonchev–Trinajstić information content (AvgIpc) is 2.18. The summed E-state index contributed by atoms with van der Waals surface area (Å²) in [5.74, 6) is 0.682. The second-order valence-electron chi connectivity index (χ2n) is 4.40. The summed E-state index contributed by atoms with van der Waals surface area (Å²) in [6, 6.07) is 0. The zero-order chi connectivity index (χ0) is 11.7. The van der Waals surface area contributed by atoms with Crippen molar-refractivity contribution in [2.45, 2.75) is 47.5 Å². The molecule has 0 saturated heterocycles. The molecular formula is C14H27N. The van der Waals surface area contributed by atoms with Crippen molar-refractivity contribution in [3.8, 4) is 0 Å². The molecule has 1 heteroatoms.